The van der Waals surface area contributed by atoms with Gasteiger partial charge in [-0.15, -0.1) is 11.8 Å². The van der Waals surface area contributed by atoms with Crippen LogP contribution in [-0.2, 0) is 5.75 Å². The molecule has 88 valence electrons. The van der Waals surface area contributed by atoms with E-state index in [0.29, 0.717) is 5.69 Å². The highest BCUT2D eigenvalue weighted by molar-refractivity contribution is 7.98. The van der Waals surface area contributed by atoms with E-state index in [1.54, 1.807) is 11.8 Å². The van der Waals surface area contributed by atoms with Gasteiger partial charge in [0.05, 0.1) is 0 Å². The number of hydrogen-bond acceptors (Lipinski definition) is 2. The molecule has 2 aromatic carbocycles. The Morgan fingerprint density at radius 2 is 1.94 bits per heavy atom. The Hall–Kier alpha value is -1.48. The number of hydrogen-bond donors (Lipinski definition) is 1. The van der Waals surface area contributed by atoms with Gasteiger partial charge in [0.25, 0.3) is 0 Å². The Morgan fingerprint density at radius 3 is 2.65 bits per heavy atom. The molecule has 0 unspecified atom stereocenters. The van der Waals surface area contributed by atoms with Crippen LogP contribution < -0.4 is 5.73 Å². The smallest absolute Gasteiger partial charge is 0.125 e. The molecular weight excluding hydrogens is 233 g/mol. The predicted octanol–water partition coefficient (Wildman–Crippen LogP) is 4.01. The minimum absolute atomic E-state index is 0.273. The first-order valence-corrected chi connectivity index (χ1v) is 6.37. The lowest BCUT2D eigenvalue weighted by Crippen LogP contribution is -1.90. The lowest BCUT2D eigenvalue weighted by atomic mass is 10.2. The van der Waals surface area contributed by atoms with Crippen molar-refractivity contribution >= 4 is 17.4 Å². The topological polar surface area (TPSA) is 26.0 Å². The van der Waals surface area contributed by atoms with E-state index in [1.807, 2.05) is 18.2 Å². The van der Waals surface area contributed by atoms with Crippen molar-refractivity contribution in [1.82, 2.24) is 0 Å². The van der Waals surface area contributed by atoms with Crippen molar-refractivity contribution in [2.45, 2.75) is 17.6 Å². The van der Waals surface area contributed by atoms with Crippen molar-refractivity contribution in [1.29, 1.82) is 0 Å². The Balaban J connectivity index is 2.10. The van der Waals surface area contributed by atoms with E-state index in [1.165, 1.54) is 22.6 Å². The second kappa shape index (κ2) is 5.23. The van der Waals surface area contributed by atoms with E-state index in [-0.39, 0.29) is 5.82 Å². The summed E-state index contributed by atoms with van der Waals surface area (Å²) in [7, 11) is 0. The van der Waals surface area contributed by atoms with Crippen LogP contribution in [0.4, 0.5) is 10.1 Å². The van der Waals surface area contributed by atoms with Crippen molar-refractivity contribution in [3.05, 3.63) is 59.4 Å². The number of benzene rings is 2. The fourth-order valence-electron chi connectivity index (χ4n) is 1.64. The molecule has 1 nitrogen and oxygen atoms in total. The van der Waals surface area contributed by atoms with E-state index in [2.05, 4.69) is 19.1 Å². The average Bonchev–Trinajstić information content (AvgIpc) is 2.27. The highest BCUT2D eigenvalue weighted by atomic mass is 32.2. The summed E-state index contributed by atoms with van der Waals surface area (Å²) in [5.41, 5.74) is 8.24. The molecule has 2 N–H and O–H groups in total. The fourth-order valence-corrected chi connectivity index (χ4v) is 2.60. The molecule has 0 saturated heterocycles. The normalized spacial score (nSPS) is 10.5. The second-order valence-electron chi connectivity index (χ2n) is 3.95. The van der Waals surface area contributed by atoms with Crippen LogP contribution in [0, 0.1) is 12.7 Å². The fraction of sp³-hybridized carbons (Fsp3) is 0.143. The molecule has 0 heterocycles. The van der Waals surface area contributed by atoms with Crippen LogP contribution in [0.3, 0.4) is 0 Å². The molecule has 2 aromatic rings. The number of aryl methyl sites for hydroxylation is 1. The maximum absolute atomic E-state index is 13.1. The van der Waals surface area contributed by atoms with Crippen LogP contribution in [0.2, 0.25) is 0 Å². The van der Waals surface area contributed by atoms with Crippen LogP contribution in [0.15, 0.2) is 47.4 Å². The number of anilines is 1. The standard InChI is InChI=1S/C14H14FNS/c1-10-4-2-3-5-14(10)17-9-11-6-12(15)8-13(16)7-11/h2-8H,9,16H2,1H3. The van der Waals surface area contributed by atoms with E-state index in [4.69, 9.17) is 5.73 Å². The van der Waals surface area contributed by atoms with E-state index in [0.717, 1.165) is 11.3 Å². The first-order chi connectivity index (χ1) is 8.15. The molecule has 0 atom stereocenters. The summed E-state index contributed by atoms with van der Waals surface area (Å²) in [4.78, 5) is 1.22. The number of rotatable bonds is 3. The third kappa shape index (κ3) is 3.24. The zero-order valence-corrected chi connectivity index (χ0v) is 10.4. The largest absolute Gasteiger partial charge is 0.399 e. The van der Waals surface area contributed by atoms with E-state index >= 15 is 0 Å². The van der Waals surface area contributed by atoms with Gasteiger partial charge in [-0.25, -0.2) is 4.39 Å². The predicted molar refractivity (Wildman–Crippen MR) is 71.6 cm³/mol. The molecule has 2 rings (SSSR count). The number of halogens is 1. The third-order valence-electron chi connectivity index (χ3n) is 2.47. The maximum atomic E-state index is 13.1. The highest BCUT2D eigenvalue weighted by Crippen LogP contribution is 2.26. The van der Waals surface area contributed by atoms with Gasteiger partial charge < -0.3 is 5.73 Å². The van der Waals surface area contributed by atoms with Crippen molar-refractivity contribution in [3.63, 3.8) is 0 Å². The molecule has 17 heavy (non-hydrogen) atoms. The van der Waals surface area contributed by atoms with Crippen molar-refractivity contribution < 1.29 is 4.39 Å². The minimum Gasteiger partial charge on any atom is -0.399 e. The van der Waals surface area contributed by atoms with Crippen molar-refractivity contribution in [3.8, 4) is 0 Å². The van der Waals surface area contributed by atoms with Gasteiger partial charge in [0.1, 0.15) is 5.82 Å². The Morgan fingerprint density at radius 1 is 1.18 bits per heavy atom. The van der Waals surface area contributed by atoms with Crippen molar-refractivity contribution in [2.75, 3.05) is 5.73 Å². The van der Waals surface area contributed by atoms with E-state index < -0.39 is 0 Å². The minimum atomic E-state index is -0.273. The van der Waals surface area contributed by atoms with Crippen LogP contribution in [0.25, 0.3) is 0 Å². The summed E-state index contributed by atoms with van der Waals surface area (Å²) < 4.78 is 13.1. The van der Waals surface area contributed by atoms with Gasteiger partial charge in [-0.2, -0.15) is 0 Å². The van der Waals surface area contributed by atoms with Crippen LogP contribution in [0.5, 0.6) is 0 Å². The molecule has 0 fully saturated rings. The molecule has 0 amide bonds. The SMILES string of the molecule is Cc1ccccc1SCc1cc(N)cc(F)c1. The van der Waals surface area contributed by atoms with Gasteiger partial charge in [-0.05, 0) is 42.3 Å². The molecule has 0 aliphatic carbocycles. The number of nitrogen functional groups attached to an aromatic ring is 1. The second-order valence-corrected chi connectivity index (χ2v) is 4.96. The molecule has 3 heteroatoms. The van der Waals surface area contributed by atoms with Crippen LogP contribution in [0.1, 0.15) is 11.1 Å². The Bertz CT molecular complexity index is 505. The van der Waals surface area contributed by atoms with Crippen molar-refractivity contribution in [2.24, 2.45) is 0 Å². The summed E-state index contributed by atoms with van der Waals surface area (Å²) >= 11 is 1.70. The van der Waals surface area contributed by atoms with Gasteiger partial charge in [-0.1, -0.05) is 18.2 Å². The number of nitrogens with two attached hydrogens (primary N) is 1. The first kappa shape index (κ1) is 12.0. The molecule has 0 bridgehead atoms. The van der Waals surface area contributed by atoms with Gasteiger partial charge in [0.2, 0.25) is 0 Å². The monoisotopic (exact) mass is 247 g/mol. The first-order valence-electron chi connectivity index (χ1n) is 5.38. The summed E-state index contributed by atoms with van der Waals surface area (Å²) in [5.74, 6) is 0.456. The quantitative estimate of drug-likeness (QED) is 0.655. The lowest BCUT2D eigenvalue weighted by Gasteiger charge is -2.06. The average molecular weight is 247 g/mol. The highest BCUT2D eigenvalue weighted by Gasteiger charge is 2.02. The summed E-state index contributed by atoms with van der Waals surface area (Å²) in [6.07, 6.45) is 0. The Labute approximate surface area is 105 Å². The summed E-state index contributed by atoms with van der Waals surface area (Å²) in [5, 5.41) is 0. The molecule has 0 aromatic heterocycles. The van der Waals surface area contributed by atoms with Crippen LogP contribution >= 0.6 is 11.8 Å². The van der Waals surface area contributed by atoms with Gasteiger partial charge in [-0.3, -0.25) is 0 Å². The number of thioether (sulfide) groups is 1. The molecule has 0 spiro atoms. The maximum Gasteiger partial charge on any atom is 0.125 e. The molecule has 0 aliphatic rings. The van der Waals surface area contributed by atoms with Crippen LogP contribution in [-0.4, -0.2) is 0 Å². The zero-order chi connectivity index (χ0) is 12.3. The van der Waals surface area contributed by atoms with Gasteiger partial charge in [0, 0.05) is 16.3 Å². The summed E-state index contributed by atoms with van der Waals surface area (Å²) in [6.45, 7) is 2.07. The Kier molecular flexibility index (Phi) is 3.69. The zero-order valence-electron chi connectivity index (χ0n) is 9.61. The summed E-state index contributed by atoms with van der Waals surface area (Å²) in [6, 6.07) is 12.8. The molecule has 0 radical (unpaired) electrons. The third-order valence-corrected chi connectivity index (χ3v) is 3.71. The van der Waals surface area contributed by atoms with Gasteiger partial charge >= 0.3 is 0 Å². The van der Waals surface area contributed by atoms with Gasteiger partial charge in [0.15, 0.2) is 0 Å². The molecule has 0 saturated carbocycles. The molecule has 0 aliphatic heterocycles. The lowest BCUT2D eigenvalue weighted by molar-refractivity contribution is 0.627. The van der Waals surface area contributed by atoms with E-state index in [9.17, 15) is 4.39 Å². The molecular formula is C14H14FNS.